The molecule has 0 amide bonds. The molecule has 1 aliphatic rings. The molecule has 3 heteroatoms. The third-order valence-corrected chi connectivity index (χ3v) is 2.22. The fourth-order valence-corrected chi connectivity index (χ4v) is 1.51. The lowest BCUT2D eigenvalue weighted by Gasteiger charge is -2.32. The lowest BCUT2D eigenvalue weighted by molar-refractivity contribution is 0.120. The zero-order chi connectivity index (χ0) is 8.27. The van der Waals surface area contributed by atoms with Gasteiger partial charge in [0.05, 0.1) is 0 Å². The van der Waals surface area contributed by atoms with Gasteiger partial charge in [-0.1, -0.05) is 6.92 Å². The first-order chi connectivity index (χ1) is 5.24. The zero-order valence-electron chi connectivity index (χ0n) is 7.09. The molecule has 0 aromatic rings. The predicted octanol–water partition coefficient (Wildman–Crippen LogP) is 0.767. The second kappa shape index (κ2) is 4.02. The first-order valence-electron chi connectivity index (χ1n) is 4.36. The molecule has 1 heterocycles. The van der Waals surface area contributed by atoms with Crippen molar-refractivity contribution in [3.8, 4) is 0 Å². The highest BCUT2D eigenvalue weighted by Gasteiger charge is 2.25. The lowest BCUT2D eigenvalue weighted by atomic mass is 10.0. The van der Waals surface area contributed by atoms with Gasteiger partial charge >= 0.3 is 0 Å². The first kappa shape index (κ1) is 8.94. The van der Waals surface area contributed by atoms with Crippen molar-refractivity contribution in [1.82, 2.24) is 4.90 Å². The van der Waals surface area contributed by atoms with Crippen molar-refractivity contribution < 1.29 is 4.39 Å². The minimum absolute atomic E-state index is 0.219. The molecule has 0 spiro atoms. The molecule has 0 aromatic heterocycles. The number of piperidine rings is 1. The number of nitrogens with two attached hydrogens (primary N) is 1. The molecule has 0 saturated carbocycles. The fraction of sp³-hybridized carbons (Fsp3) is 1.00. The Labute approximate surface area is 67.6 Å². The number of likely N-dealkylation sites (tertiary alicyclic amines) is 1. The van der Waals surface area contributed by atoms with E-state index in [4.69, 9.17) is 5.73 Å². The Bertz CT molecular complexity index is 119. The van der Waals surface area contributed by atoms with Crippen LogP contribution in [0.5, 0.6) is 0 Å². The Morgan fingerprint density at radius 3 is 2.91 bits per heavy atom. The first-order valence-corrected chi connectivity index (χ1v) is 4.36. The molecule has 1 aliphatic heterocycles. The third kappa shape index (κ3) is 2.42. The van der Waals surface area contributed by atoms with Crippen LogP contribution in [-0.2, 0) is 0 Å². The molecule has 0 radical (unpaired) electrons. The van der Waals surface area contributed by atoms with Crippen molar-refractivity contribution >= 4 is 0 Å². The van der Waals surface area contributed by atoms with E-state index in [0.29, 0.717) is 6.54 Å². The summed E-state index contributed by atoms with van der Waals surface area (Å²) in [5.41, 5.74) is 5.53. The maximum absolute atomic E-state index is 13.0. The predicted molar refractivity (Wildman–Crippen MR) is 44.2 cm³/mol. The number of hydrogen-bond acceptors (Lipinski definition) is 2. The van der Waals surface area contributed by atoms with Gasteiger partial charge in [-0.15, -0.1) is 0 Å². The van der Waals surface area contributed by atoms with Crippen LogP contribution >= 0.6 is 0 Å². The molecule has 0 bridgehead atoms. The van der Waals surface area contributed by atoms with E-state index in [0.717, 1.165) is 25.9 Å². The molecular weight excluding hydrogens is 143 g/mol. The fourth-order valence-electron chi connectivity index (χ4n) is 1.51. The van der Waals surface area contributed by atoms with E-state index < -0.39 is 6.17 Å². The number of halogens is 1. The van der Waals surface area contributed by atoms with Gasteiger partial charge in [0.1, 0.15) is 6.17 Å². The van der Waals surface area contributed by atoms with Gasteiger partial charge in [-0.05, 0) is 25.9 Å². The van der Waals surface area contributed by atoms with Crippen LogP contribution in [0.2, 0.25) is 0 Å². The molecule has 0 unspecified atom stereocenters. The zero-order valence-corrected chi connectivity index (χ0v) is 7.09. The van der Waals surface area contributed by atoms with E-state index in [1.54, 1.807) is 0 Å². The van der Waals surface area contributed by atoms with E-state index in [-0.39, 0.29) is 6.04 Å². The Balaban J connectivity index is 2.28. The highest BCUT2D eigenvalue weighted by molar-refractivity contribution is 4.82. The molecule has 2 N–H and O–H groups in total. The SMILES string of the molecule is CCCN1CC[C@@H](N)[C@@H](F)C1. The highest BCUT2D eigenvalue weighted by atomic mass is 19.1. The standard InChI is InChI=1S/C8H17FN2/c1-2-4-11-5-3-8(10)7(9)6-11/h7-8H,2-6,10H2,1H3/t7-,8+/m0/s1. The van der Waals surface area contributed by atoms with Crippen LogP contribution in [0.25, 0.3) is 0 Å². The molecular formula is C8H17FN2. The van der Waals surface area contributed by atoms with E-state index >= 15 is 0 Å². The van der Waals surface area contributed by atoms with Crippen molar-refractivity contribution in [2.24, 2.45) is 5.73 Å². The summed E-state index contributed by atoms with van der Waals surface area (Å²) >= 11 is 0. The summed E-state index contributed by atoms with van der Waals surface area (Å²) < 4.78 is 13.0. The summed E-state index contributed by atoms with van der Waals surface area (Å²) in [5, 5.41) is 0. The molecule has 1 rings (SSSR count). The van der Waals surface area contributed by atoms with Crippen LogP contribution in [0.3, 0.4) is 0 Å². The largest absolute Gasteiger partial charge is 0.325 e. The Morgan fingerprint density at radius 1 is 1.64 bits per heavy atom. The number of alkyl halides is 1. The number of nitrogens with zero attached hydrogens (tertiary/aromatic N) is 1. The van der Waals surface area contributed by atoms with E-state index in [1.165, 1.54) is 0 Å². The summed E-state index contributed by atoms with van der Waals surface area (Å²) in [6, 6.07) is -0.219. The third-order valence-electron chi connectivity index (χ3n) is 2.22. The molecule has 0 aromatic carbocycles. The average Bonchev–Trinajstić information content (AvgIpc) is 1.98. The van der Waals surface area contributed by atoms with Crippen LogP contribution in [0.15, 0.2) is 0 Å². The number of hydrogen-bond donors (Lipinski definition) is 1. The van der Waals surface area contributed by atoms with Gasteiger partial charge in [-0.2, -0.15) is 0 Å². The van der Waals surface area contributed by atoms with Crippen molar-refractivity contribution in [1.29, 1.82) is 0 Å². The Kier molecular flexibility index (Phi) is 3.27. The maximum atomic E-state index is 13.0. The topological polar surface area (TPSA) is 29.3 Å². The molecule has 2 atom stereocenters. The van der Waals surface area contributed by atoms with Gasteiger partial charge in [0.2, 0.25) is 0 Å². The van der Waals surface area contributed by atoms with Crippen molar-refractivity contribution in [3.05, 3.63) is 0 Å². The van der Waals surface area contributed by atoms with E-state index in [1.807, 2.05) is 0 Å². The second-order valence-corrected chi connectivity index (χ2v) is 3.27. The van der Waals surface area contributed by atoms with Gasteiger partial charge < -0.3 is 10.6 Å². The Morgan fingerprint density at radius 2 is 2.36 bits per heavy atom. The van der Waals surface area contributed by atoms with Gasteiger partial charge in [-0.25, -0.2) is 4.39 Å². The van der Waals surface area contributed by atoms with Crippen molar-refractivity contribution in [2.75, 3.05) is 19.6 Å². The average molecular weight is 160 g/mol. The van der Waals surface area contributed by atoms with Gasteiger partial charge in [0, 0.05) is 12.6 Å². The monoisotopic (exact) mass is 160 g/mol. The van der Waals surface area contributed by atoms with Crippen LogP contribution in [0.1, 0.15) is 19.8 Å². The maximum Gasteiger partial charge on any atom is 0.128 e. The summed E-state index contributed by atoms with van der Waals surface area (Å²) in [4.78, 5) is 2.15. The molecule has 66 valence electrons. The van der Waals surface area contributed by atoms with Crippen LogP contribution in [-0.4, -0.2) is 36.7 Å². The molecule has 1 saturated heterocycles. The minimum atomic E-state index is -0.810. The summed E-state index contributed by atoms with van der Waals surface area (Å²) in [6.07, 6.45) is 1.10. The summed E-state index contributed by atoms with van der Waals surface area (Å²) in [7, 11) is 0. The van der Waals surface area contributed by atoms with Crippen LogP contribution in [0, 0.1) is 0 Å². The number of rotatable bonds is 2. The van der Waals surface area contributed by atoms with Crippen molar-refractivity contribution in [3.63, 3.8) is 0 Å². The van der Waals surface area contributed by atoms with Crippen LogP contribution < -0.4 is 5.73 Å². The molecule has 2 nitrogen and oxygen atoms in total. The molecule has 1 fully saturated rings. The highest BCUT2D eigenvalue weighted by Crippen LogP contribution is 2.11. The summed E-state index contributed by atoms with van der Waals surface area (Å²) in [5.74, 6) is 0. The second-order valence-electron chi connectivity index (χ2n) is 3.27. The van der Waals surface area contributed by atoms with Gasteiger partial charge in [0.25, 0.3) is 0 Å². The molecule has 11 heavy (non-hydrogen) atoms. The van der Waals surface area contributed by atoms with Gasteiger partial charge in [-0.3, -0.25) is 0 Å². The van der Waals surface area contributed by atoms with Crippen molar-refractivity contribution in [2.45, 2.75) is 32.0 Å². The van der Waals surface area contributed by atoms with Gasteiger partial charge in [0.15, 0.2) is 0 Å². The quantitative estimate of drug-likeness (QED) is 0.646. The smallest absolute Gasteiger partial charge is 0.128 e. The minimum Gasteiger partial charge on any atom is -0.325 e. The summed E-state index contributed by atoms with van der Waals surface area (Å²) in [6.45, 7) is 4.62. The van der Waals surface area contributed by atoms with Crippen LogP contribution in [0.4, 0.5) is 4.39 Å². The lowest BCUT2D eigenvalue weighted by Crippen LogP contribution is -2.48. The van der Waals surface area contributed by atoms with E-state index in [9.17, 15) is 4.39 Å². The molecule has 0 aliphatic carbocycles. The van der Waals surface area contributed by atoms with E-state index in [2.05, 4.69) is 11.8 Å². The normalized spacial score (nSPS) is 34.1. The Hall–Kier alpha value is -0.150.